The van der Waals surface area contributed by atoms with Crippen LogP contribution >= 0.6 is 0 Å². The van der Waals surface area contributed by atoms with Crippen molar-refractivity contribution in [2.45, 2.75) is 58.6 Å². The molecule has 0 aromatic heterocycles. The molecule has 0 spiro atoms. The van der Waals surface area contributed by atoms with Gasteiger partial charge >= 0.3 is 0 Å². The van der Waals surface area contributed by atoms with Crippen molar-refractivity contribution in [1.82, 2.24) is 5.32 Å². The molecular weight excluding hydrogens is 202 g/mol. The lowest BCUT2D eigenvalue weighted by Gasteiger charge is -2.40. The Balaban J connectivity index is 2.43. The fourth-order valence-corrected chi connectivity index (χ4v) is 2.92. The van der Waals surface area contributed by atoms with Crippen molar-refractivity contribution in [3.8, 4) is 0 Å². The highest BCUT2D eigenvalue weighted by Gasteiger charge is 2.32. The van der Waals surface area contributed by atoms with Gasteiger partial charge in [-0.1, -0.05) is 20.8 Å². The molecule has 0 aliphatic heterocycles. The second-order valence-corrected chi connectivity index (χ2v) is 6.65. The van der Waals surface area contributed by atoms with Crippen LogP contribution in [0.25, 0.3) is 0 Å². The summed E-state index contributed by atoms with van der Waals surface area (Å²) in [5, 5.41) is 22.1. The van der Waals surface area contributed by atoms with Crippen LogP contribution in [0.1, 0.15) is 47.0 Å². The second kappa shape index (κ2) is 5.03. The molecule has 3 nitrogen and oxygen atoms in total. The van der Waals surface area contributed by atoms with Gasteiger partial charge in [-0.2, -0.15) is 0 Å². The predicted molar refractivity (Wildman–Crippen MR) is 66.3 cm³/mol. The molecule has 3 heteroatoms. The van der Waals surface area contributed by atoms with Crippen molar-refractivity contribution in [3.63, 3.8) is 0 Å². The Labute approximate surface area is 99.3 Å². The zero-order valence-corrected chi connectivity index (χ0v) is 11.1. The van der Waals surface area contributed by atoms with Gasteiger partial charge in [0.2, 0.25) is 0 Å². The third-order valence-electron chi connectivity index (χ3n) is 3.50. The van der Waals surface area contributed by atoms with Gasteiger partial charge in [0.15, 0.2) is 0 Å². The van der Waals surface area contributed by atoms with Crippen molar-refractivity contribution in [2.24, 2.45) is 11.3 Å². The number of hydrogen-bond acceptors (Lipinski definition) is 3. The summed E-state index contributed by atoms with van der Waals surface area (Å²) in [6.45, 7) is 8.85. The average Bonchev–Trinajstić information content (AvgIpc) is 2.12. The normalized spacial score (nSPS) is 33.4. The Hall–Kier alpha value is -0.120. The Kier molecular flexibility index (Phi) is 4.38. The molecular formula is C13H27NO2. The predicted octanol–water partition coefficient (Wildman–Crippen LogP) is 1.53. The number of rotatable bonds is 4. The summed E-state index contributed by atoms with van der Waals surface area (Å²) in [4.78, 5) is 0. The van der Waals surface area contributed by atoms with Gasteiger partial charge in [0, 0.05) is 12.6 Å². The molecule has 1 aliphatic rings. The van der Waals surface area contributed by atoms with Crippen molar-refractivity contribution in [2.75, 3.05) is 13.2 Å². The summed E-state index contributed by atoms with van der Waals surface area (Å²) in [6.07, 6.45) is 3.60. The fourth-order valence-electron chi connectivity index (χ4n) is 2.92. The summed E-state index contributed by atoms with van der Waals surface area (Å²) in [7, 11) is 0. The maximum Gasteiger partial charge on any atom is 0.0972 e. The molecule has 16 heavy (non-hydrogen) atoms. The first-order valence-electron chi connectivity index (χ1n) is 6.31. The molecule has 1 aliphatic carbocycles. The highest BCUT2D eigenvalue weighted by molar-refractivity contribution is 4.88. The van der Waals surface area contributed by atoms with Gasteiger partial charge in [0.1, 0.15) is 0 Å². The summed E-state index contributed by atoms with van der Waals surface area (Å²) < 4.78 is 0. The lowest BCUT2D eigenvalue weighted by atomic mass is 9.70. The molecule has 96 valence electrons. The number of aliphatic hydroxyl groups excluding tert-OH is 1. The first kappa shape index (κ1) is 13.9. The average molecular weight is 229 g/mol. The van der Waals surface area contributed by atoms with Gasteiger partial charge in [-0.3, -0.25) is 0 Å². The van der Waals surface area contributed by atoms with Crippen molar-refractivity contribution in [3.05, 3.63) is 0 Å². The van der Waals surface area contributed by atoms with Crippen LogP contribution in [0, 0.1) is 11.3 Å². The van der Waals surface area contributed by atoms with Gasteiger partial charge in [-0.25, -0.2) is 0 Å². The molecule has 3 atom stereocenters. The quantitative estimate of drug-likeness (QED) is 0.685. The first-order valence-corrected chi connectivity index (χ1v) is 6.31. The molecule has 1 rings (SSSR count). The van der Waals surface area contributed by atoms with Gasteiger partial charge in [0.25, 0.3) is 0 Å². The molecule has 3 N–H and O–H groups in total. The zero-order chi connectivity index (χ0) is 12.4. The maximum atomic E-state index is 9.74. The van der Waals surface area contributed by atoms with E-state index in [2.05, 4.69) is 26.1 Å². The van der Waals surface area contributed by atoms with Crippen LogP contribution in [-0.2, 0) is 0 Å². The number of hydrogen-bond donors (Lipinski definition) is 3. The summed E-state index contributed by atoms with van der Waals surface area (Å²) in [5.74, 6) is 0.736. The molecule has 0 amide bonds. The summed E-state index contributed by atoms with van der Waals surface area (Å²) in [6, 6.07) is 0.469. The van der Waals surface area contributed by atoms with Crippen LogP contribution in [-0.4, -0.2) is 35.0 Å². The minimum Gasteiger partial charge on any atom is -0.393 e. The second-order valence-electron chi connectivity index (χ2n) is 6.65. The molecule has 1 fully saturated rings. The minimum absolute atomic E-state index is 0.189. The molecule has 0 bridgehead atoms. The van der Waals surface area contributed by atoms with Gasteiger partial charge in [-0.05, 0) is 37.5 Å². The van der Waals surface area contributed by atoms with E-state index >= 15 is 0 Å². The van der Waals surface area contributed by atoms with Crippen LogP contribution in [0.5, 0.6) is 0 Å². The van der Waals surface area contributed by atoms with E-state index in [1.54, 1.807) is 6.92 Å². The van der Waals surface area contributed by atoms with Gasteiger partial charge in [0.05, 0.1) is 12.2 Å². The van der Waals surface area contributed by atoms with Crippen LogP contribution in [0.3, 0.4) is 0 Å². The molecule has 0 aromatic rings. The summed E-state index contributed by atoms with van der Waals surface area (Å²) >= 11 is 0. The lowest BCUT2D eigenvalue weighted by molar-refractivity contribution is -0.00287. The van der Waals surface area contributed by atoms with E-state index in [0.29, 0.717) is 18.0 Å². The third kappa shape index (κ3) is 4.40. The Morgan fingerprint density at radius 1 is 1.38 bits per heavy atom. The van der Waals surface area contributed by atoms with Crippen LogP contribution in [0.4, 0.5) is 0 Å². The molecule has 3 unspecified atom stereocenters. The van der Waals surface area contributed by atoms with Gasteiger partial charge < -0.3 is 15.5 Å². The van der Waals surface area contributed by atoms with Crippen molar-refractivity contribution >= 4 is 0 Å². The standard InChI is InChI=1S/C13H27NO2/c1-10-5-11(7-12(2,3)6-10)14-8-13(4,16)9-15/h10-11,14-16H,5-9H2,1-4H3. The molecule has 0 heterocycles. The van der Waals surface area contributed by atoms with E-state index in [-0.39, 0.29) is 6.61 Å². The summed E-state index contributed by atoms with van der Waals surface area (Å²) in [5.41, 5.74) is -0.606. The van der Waals surface area contributed by atoms with E-state index in [9.17, 15) is 5.11 Å². The molecule has 1 saturated carbocycles. The van der Waals surface area contributed by atoms with Crippen LogP contribution in [0.2, 0.25) is 0 Å². The van der Waals surface area contributed by atoms with Crippen LogP contribution < -0.4 is 5.32 Å². The van der Waals surface area contributed by atoms with E-state index < -0.39 is 5.60 Å². The number of aliphatic hydroxyl groups is 2. The molecule has 0 aromatic carbocycles. The Morgan fingerprint density at radius 3 is 2.50 bits per heavy atom. The zero-order valence-electron chi connectivity index (χ0n) is 11.1. The maximum absolute atomic E-state index is 9.74. The lowest BCUT2D eigenvalue weighted by Crippen LogP contribution is -2.48. The monoisotopic (exact) mass is 229 g/mol. The van der Waals surface area contributed by atoms with Crippen molar-refractivity contribution < 1.29 is 10.2 Å². The fraction of sp³-hybridized carbons (Fsp3) is 1.00. The first-order chi connectivity index (χ1) is 7.24. The topological polar surface area (TPSA) is 52.5 Å². The van der Waals surface area contributed by atoms with E-state index in [4.69, 9.17) is 5.11 Å². The van der Waals surface area contributed by atoms with Crippen LogP contribution in [0.15, 0.2) is 0 Å². The van der Waals surface area contributed by atoms with E-state index in [1.165, 1.54) is 12.8 Å². The van der Waals surface area contributed by atoms with E-state index in [1.807, 2.05) is 0 Å². The highest BCUT2D eigenvalue weighted by Crippen LogP contribution is 2.38. The van der Waals surface area contributed by atoms with E-state index in [0.717, 1.165) is 12.3 Å². The molecule has 0 radical (unpaired) electrons. The molecule has 0 saturated heterocycles. The Bertz CT molecular complexity index is 226. The minimum atomic E-state index is -0.995. The largest absolute Gasteiger partial charge is 0.393 e. The third-order valence-corrected chi connectivity index (χ3v) is 3.50. The number of nitrogens with one attached hydrogen (secondary N) is 1. The van der Waals surface area contributed by atoms with Gasteiger partial charge in [-0.15, -0.1) is 0 Å². The smallest absolute Gasteiger partial charge is 0.0972 e. The SMILES string of the molecule is CC1CC(NCC(C)(O)CO)CC(C)(C)C1. The highest BCUT2D eigenvalue weighted by atomic mass is 16.3. The van der Waals surface area contributed by atoms with Crippen molar-refractivity contribution in [1.29, 1.82) is 0 Å². The Morgan fingerprint density at radius 2 is 2.00 bits per heavy atom.